The van der Waals surface area contributed by atoms with Gasteiger partial charge in [-0.1, -0.05) is 25.1 Å². The van der Waals surface area contributed by atoms with Crippen molar-refractivity contribution in [2.45, 2.75) is 45.7 Å². The lowest BCUT2D eigenvalue weighted by atomic mass is 9.95. The van der Waals surface area contributed by atoms with Crippen LogP contribution in [0.1, 0.15) is 45.7 Å². The fourth-order valence-electron chi connectivity index (χ4n) is 1.82. The van der Waals surface area contributed by atoms with Crippen LogP contribution in [0.2, 0.25) is 0 Å². The fourth-order valence-corrected chi connectivity index (χ4v) is 1.82. The smallest absolute Gasteiger partial charge is 0.120 e. The molecule has 0 aliphatic heterocycles. The number of hydrogen-bond donors (Lipinski definition) is 1. The highest BCUT2D eigenvalue weighted by molar-refractivity contribution is 5.34. The summed E-state index contributed by atoms with van der Waals surface area (Å²) in [7, 11) is 2.11. The van der Waals surface area contributed by atoms with Crippen molar-refractivity contribution < 1.29 is 5.11 Å². The molecule has 0 aliphatic carbocycles. The van der Waals surface area contributed by atoms with Gasteiger partial charge in [-0.05, 0) is 40.3 Å². The Balaban J connectivity index is 2.95. The lowest BCUT2D eigenvalue weighted by Gasteiger charge is -2.39. The van der Waals surface area contributed by atoms with E-state index in [-0.39, 0.29) is 11.6 Å². The predicted octanol–water partition coefficient (Wildman–Crippen LogP) is 3.57. The average molecular weight is 221 g/mol. The third-order valence-electron chi connectivity index (χ3n) is 3.79. The van der Waals surface area contributed by atoms with E-state index >= 15 is 0 Å². The van der Waals surface area contributed by atoms with Gasteiger partial charge in [-0.25, -0.2) is 0 Å². The van der Waals surface area contributed by atoms with Crippen molar-refractivity contribution in [3.05, 3.63) is 29.8 Å². The van der Waals surface area contributed by atoms with Crippen LogP contribution in [0.4, 0.5) is 0 Å². The van der Waals surface area contributed by atoms with Gasteiger partial charge >= 0.3 is 0 Å². The minimum Gasteiger partial charge on any atom is -0.508 e. The summed E-state index contributed by atoms with van der Waals surface area (Å²) in [6.45, 7) is 8.77. The maximum absolute atomic E-state index is 9.84. The molecule has 0 aliphatic rings. The minimum absolute atomic E-state index is 0.141. The molecule has 1 rings (SSSR count). The fraction of sp³-hybridized carbons (Fsp3) is 0.571. The summed E-state index contributed by atoms with van der Waals surface area (Å²) in [6, 6.07) is 7.78. The standard InChI is InChI=1S/C14H23NO/c1-6-14(3,4)15(5)11(2)12-9-7-8-10-13(12)16/h7-11,16H,6H2,1-5H3. The van der Waals surface area contributed by atoms with E-state index in [1.807, 2.05) is 18.2 Å². The second kappa shape index (κ2) is 4.88. The van der Waals surface area contributed by atoms with Gasteiger partial charge in [0.05, 0.1) is 0 Å². The molecule has 1 atom stereocenters. The van der Waals surface area contributed by atoms with Crippen molar-refractivity contribution in [2.75, 3.05) is 7.05 Å². The molecule has 0 saturated heterocycles. The van der Waals surface area contributed by atoms with E-state index in [1.54, 1.807) is 6.07 Å². The molecule has 2 heteroatoms. The predicted molar refractivity (Wildman–Crippen MR) is 68.7 cm³/mol. The Morgan fingerprint density at radius 3 is 2.38 bits per heavy atom. The van der Waals surface area contributed by atoms with E-state index in [2.05, 4.69) is 39.6 Å². The molecule has 1 N–H and O–H groups in total. The summed E-state index contributed by atoms with van der Waals surface area (Å²) in [5, 5.41) is 9.84. The minimum atomic E-state index is 0.141. The molecule has 90 valence electrons. The van der Waals surface area contributed by atoms with Crippen molar-refractivity contribution >= 4 is 0 Å². The first kappa shape index (κ1) is 13.0. The molecule has 0 saturated carbocycles. The Bertz CT molecular complexity index is 346. The topological polar surface area (TPSA) is 23.5 Å². The van der Waals surface area contributed by atoms with Crippen LogP contribution >= 0.6 is 0 Å². The Morgan fingerprint density at radius 1 is 1.31 bits per heavy atom. The zero-order chi connectivity index (χ0) is 12.3. The maximum Gasteiger partial charge on any atom is 0.120 e. The summed E-state index contributed by atoms with van der Waals surface area (Å²) in [6.07, 6.45) is 1.08. The SMILES string of the molecule is CCC(C)(C)N(C)C(C)c1ccccc1O. The van der Waals surface area contributed by atoms with Gasteiger partial charge in [0, 0.05) is 17.1 Å². The number of nitrogens with zero attached hydrogens (tertiary/aromatic N) is 1. The van der Waals surface area contributed by atoms with Crippen LogP contribution < -0.4 is 0 Å². The second-order valence-electron chi connectivity index (χ2n) is 5.01. The van der Waals surface area contributed by atoms with E-state index in [0.717, 1.165) is 12.0 Å². The Labute approximate surface area is 98.9 Å². The molecule has 0 heterocycles. The van der Waals surface area contributed by atoms with Crippen LogP contribution in [0.5, 0.6) is 5.75 Å². The zero-order valence-electron chi connectivity index (χ0n) is 11.0. The van der Waals surface area contributed by atoms with E-state index in [0.29, 0.717) is 5.75 Å². The highest BCUT2D eigenvalue weighted by atomic mass is 16.3. The van der Waals surface area contributed by atoms with Crippen molar-refractivity contribution in [2.24, 2.45) is 0 Å². The van der Waals surface area contributed by atoms with E-state index in [1.165, 1.54) is 0 Å². The van der Waals surface area contributed by atoms with Gasteiger partial charge in [0.15, 0.2) is 0 Å². The van der Waals surface area contributed by atoms with Gasteiger partial charge in [0.1, 0.15) is 5.75 Å². The summed E-state index contributed by atoms with van der Waals surface area (Å²) in [5.41, 5.74) is 1.13. The molecule has 16 heavy (non-hydrogen) atoms. The molecule has 0 radical (unpaired) electrons. The van der Waals surface area contributed by atoms with E-state index in [4.69, 9.17) is 0 Å². The number of benzene rings is 1. The molecule has 2 nitrogen and oxygen atoms in total. The quantitative estimate of drug-likeness (QED) is 0.840. The number of phenols is 1. The molecule has 0 amide bonds. The molecule has 1 unspecified atom stereocenters. The molecule has 0 spiro atoms. The van der Waals surface area contributed by atoms with Crippen molar-refractivity contribution in [3.8, 4) is 5.75 Å². The van der Waals surface area contributed by atoms with Crippen LogP contribution in [-0.4, -0.2) is 22.6 Å². The van der Waals surface area contributed by atoms with Gasteiger partial charge in [0.2, 0.25) is 0 Å². The van der Waals surface area contributed by atoms with Crippen molar-refractivity contribution in [3.63, 3.8) is 0 Å². The van der Waals surface area contributed by atoms with Gasteiger partial charge in [-0.2, -0.15) is 0 Å². The first-order chi connectivity index (χ1) is 7.40. The number of phenolic OH excluding ortho intramolecular Hbond substituents is 1. The van der Waals surface area contributed by atoms with Crippen LogP contribution in [0.15, 0.2) is 24.3 Å². The van der Waals surface area contributed by atoms with Crippen molar-refractivity contribution in [1.29, 1.82) is 0 Å². The third kappa shape index (κ3) is 2.56. The van der Waals surface area contributed by atoms with Gasteiger partial charge in [-0.3, -0.25) is 4.90 Å². The Kier molecular flexibility index (Phi) is 3.98. The van der Waals surface area contributed by atoms with E-state index in [9.17, 15) is 5.11 Å². The number of rotatable bonds is 4. The second-order valence-corrected chi connectivity index (χ2v) is 5.01. The van der Waals surface area contributed by atoms with Crippen LogP contribution in [0.25, 0.3) is 0 Å². The van der Waals surface area contributed by atoms with Crippen LogP contribution in [0, 0.1) is 0 Å². The molecular weight excluding hydrogens is 198 g/mol. The van der Waals surface area contributed by atoms with Crippen molar-refractivity contribution in [1.82, 2.24) is 4.90 Å². The molecule has 0 aromatic heterocycles. The highest BCUT2D eigenvalue weighted by Crippen LogP contribution is 2.32. The Morgan fingerprint density at radius 2 is 1.88 bits per heavy atom. The highest BCUT2D eigenvalue weighted by Gasteiger charge is 2.27. The number of aromatic hydroxyl groups is 1. The normalized spacial score (nSPS) is 14.1. The summed E-state index contributed by atoms with van der Waals surface area (Å²) in [4.78, 5) is 2.31. The van der Waals surface area contributed by atoms with Crippen LogP contribution in [-0.2, 0) is 0 Å². The van der Waals surface area contributed by atoms with Gasteiger partial charge < -0.3 is 5.11 Å². The molecular formula is C14H23NO. The average Bonchev–Trinajstić information content (AvgIpc) is 2.27. The third-order valence-corrected chi connectivity index (χ3v) is 3.79. The number of hydrogen-bond acceptors (Lipinski definition) is 2. The first-order valence-corrected chi connectivity index (χ1v) is 5.91. The first-order valence-electron chi connectivity index (χ1n) is 5.91. The lowest BCUT2D eigenvalue weighted by molar-refractivity contribution is 0.104. The number of para-hydroxylation sites is 1. The Hall–Kier alpha value is -1.02. The molecule has 1 aromatic rings. The molecule has 0 bridgehead atoms. The summed E-state index contributed by atoms with van der Waals surface area (Å²) < 4.78 is 0. The lowest BCUT2D eigenvalue weighted by Crippen LogP contribution is -2.41. The summed E-state index contributed by atoms with van der Waals surface area (Å²) in [5.74, 6) is 0.383. The van der Waals surface area contributed by atoms with Crippen LogP contribution in [0.3, 0.4) is 0 Å². The summed E-state index contributed by atoms with van der Waals surface area (Å²) >= 11 is 0. The zero-order valence-corrected chi connectivity index (χ0v) is 11.0. The van der Waals surface area contributed by atoms with Gasteiger partial charge in [0.25, 0.3) is 0 Å². The monoisotopic (exact) mass is 221 g/mol. The largest absolute Gasteiger partial charge is 0.508 e. The van der Waals surface area contributed by atoms with Gasteiger partial charge in [-0.15, -0.1) is 0 Å². The molecule has 0 fully saturated rings. The maximum atomic E-state index is 9.84. The molecule has 1 aromatic carbocycles. The van der Waals surface area contributed by atoms with E-state index < -0.39 is 0 Å².